The molecule has 106 valence electrons. The summed E-state index contributed by atoms with van der Waals surface area (Å²) in [5.41, 5.74) is 0.969. The minimum absolute atomic E-state index is 0.349. The highest BCUT2D eigenvalue weighted by atomic mass is 16.2. The number of aromatic nitrogens is 4. The molecule has 0 radical (unpaired) electrons. The summed E-state index contributed by atoms with van der Waals surface area (Å²) in [5.74, 6) is 0. The van der Waals surface area contributed by atoms with Crippen LogP contribution in [0.25, 0.3) is 11.0 Å². The van der Waals surface area contributed by atoms with Crippen molar-refractivity contribution in [1.82, 2.24) is 19.1 Å². The first-order valence-corrected chi connectivity index (χ1v) is 6.31. The Bertz CT molecular complexity index is 928. The van der Waals surface area contributed by atoms with Crippen molar-refractivity contribution in [1.29, 1.82) is 0 Å². The van der Waals surface area contributed by atoms with Crippen LogP contribution in [0.5, 0.6) is 0 Å². The number of fused-ring (bicyclic) bond motifs is 1. The van der Waals surface area contributed by atoms with Gasteiger partial charge in [0, 0.05) is 38.4 Å². The van der Waals surface area contributed by atoms with E-state index in [-0.39, 0.29) is 5.56 Å². The van der Waals surface area contributed by atoms with E-state index in [1.165, 1.54) is 11.6 Å². The zero-order chi connectivity index (χ0) is 15.0. The third kappa shape index (κ3) is 2.08. The van der Waals surface area contributed by atoms with E-state index in [1.807, 2.05) is 0 Å². The van der Waals surface area contributed by atoms with Gasteiger partial charge in [-0.3, -0.25) is 18.9 Å². The van der Waals surface area contributed by atoms with E-state index in [0.29, 0.717) is 16.7 Å². The Morgan fingerprint density at radius 2 is 1.71 bits per heavy atom. The molecule has 0 atom stereocenters. The molecule has 21 heavy (non-hydrogen) atoms. The van der Waals surface area contributed by atoms with Crippen LogP contribution >= 0.6 is 0 Å². The molecule has 7 nitrogen and oxygen atoms in total. The molecule has 0 amide bonds. The molecule has 0 aliphatic heterocycles. The van der Waals surface area contributed by atoms with Gasteiger partial charge < -0.3 is 5.32 Å². The Kier molecular flexibility index (Phi) is 3.02. The van der Waals surface area contributed by atoms with Crippen molar-refractivity contribution >= 4 is 22.4 Å². The second kappa shape index (κ2) is 4.86. The fraction of sp³-hybridized carbons (Fsp3) is 0.143. The largest absolute Gasteiger partial charge is 0.355 e. The van der Waals surface area contributed by atoms with E-state index in [2.05, 4.69) is 15.3 Å². The lowest BCUT2D eigenvalue weighted by molar-refractivity contribution is 0.708. The molecule has 0 spiro atoms. The van der Waals surface area contributed by atoms with Gasteiger partial charge >= 0.3 is 5.69 Å². The number of pyridine rings is 2. The van der Waals surface area contributed by atoms with Crippen LogP contribution < -0.4 is 16.6 Å². The highest BCUT2D eigenvalue weighted by Gasteiger charge is 2.13. The van der Waals surface area contributed by atoms with Crippen LogP contribution in [0.2, 0.25) is 0 Å². The van der Waals surface area contributed by atoms with Crippen molar-refractivity contribution in [2.24, 2.45) is 14.1 Å². The minimum atomic E-state index is -0.402. The number of hydrogen-bond acceptors (Lipinski definition) is 5. The summed E-state index contributed by atoms with van der Waals surface area (Å²) in [6, 6.07) is 5.28. The number of anilines is 2. The van der Waals surface area contributed by atoms with Crippen molar-refractivity contribution in [3.63, 3.8) is 0 Å². The van der Waals surface area contributed by atoms with Gasteiger partial charge in [0.15, 0.2) is 5.65 Å². The quantitative estimate of drug-likeness (QED) is 0.751. The summed E-state index contributed by atoms with van der Waals surface area (Å²) in [5, 5.41) is 3.53. The summed E-state index contributed by atoms with van der Waals surface area (Å²) < 4.78 is 2.43. The average molecular weight is 283 g/mol. The fourth-order valence-corrected chi connectivity index (χ4v) is 2.18. The lowest BCUT2D eigenvalue weighted by Gasteiger charge is -2.11. The summed E-state index contributed by atoms with van der Waals surface area (Å²) >= 11 is 0. The summed E-state index contributed by atoms with van der Waals surface area (Å²) in [4.78, 5) is 32.4. The van der Waals surface area contributed by atoms with Crippen molar-refractivity contribution in [3.05, 3.63) is 57.6 Å². The third-order valence-electron chi connectivity index (χ3n) is 3.30. The van der Waals surface area contributed by atoms with Crippen LogP contribution in [0, 0.1) is 0 Å². The van der Waals surface area contributed by atoms with E-state index in [9.17, 15) is 9.59 Å². The SMILES string of the molecule is Cn1c(=O)c2c(Nc3ccncc3)ccnc2n(C)c1=O. The Morgan fingerprint density at radius 1 is 1.00 bits per heavy atom. The molecule has 1 N–H and O–H groups in total. The first-order valence-electron chi connectivity index (χ1n) is 6.31. The standard InChI is InChI=1S/C14H13N5O2/c1-18-12-11(13(20)19(2)14(18)21)10(5-8-16-12)17-9-3-6-15-7-4-9/h3-8H,1-2H3,(H,15,16,17). The van der Waals surface area contributed by atoms with E-state index >= 15 is 0 Å². The maximum atomic E-state index is 12.4. The van der Waals surface area contributed by atoms with Gasteiger partial charge in [0.2, 0.25) is 0 Å². The molecule has 0 fully saturated rings. The van der Waals surface area contributed by atoms with Crippen LogP contribution in [0.4, 0.5) is 11.4 Å². The van der Waals surface area contributed by atoms with Crippen molar-refractivity contribution in [2.75, 3.05) is 5.32 Å². The normalized spacial score (nSPS) is 10.8. The average Bonchev–Trinajstić information content (AvgIpc) is 2.51. The number of aryl methyl sites for hydroxylation is 1. The molecule has 0 unspecified atom stereocenters. The Morgan fingerprint density at radius 3 is 2.43 bits per heavy atom. The molecule has 0 saturated heterocycles. The molecule has 3 heterocycles. The number of nitrogens with zero attached hydrogens (tertiary/aromatic N) is 4. The molecule has 0 saturated carbocycles. The van der Waals surface area contributed by atoms with E-state index in [0.717, 1.165) is 10.3 Å². The molecule has 3 aromatic heterocycles. The molecule has 0 bridgehead atoms. The van der Waals surface area contributed by atoms with Crippen molar-refractivity contribution in [2.45, 2.75) is 0 Å². The van der Waals surface area contributed by atoms with Crippen molar-refractivity contribution in [3.8, 4) is 0 Å². The Labute approximate surface area is 119 Å². The predicted octanol–water partition coefficient (Wildman–Crippen LogP) is 0.771. The first-order chi connectivity index (χ1) is 10.1. The maximum Gasteiger partial charge on any atom is 0.332 e. The molecule has 0 aliphatic carbocycles. The number of rotatable bonds is 2. The zero-order valence-corrected chi connectivity index (χ0v) is 11.6. The predicted molar refractivity (Wildman–Crippen MR) is 79.7 cm³/mol. The molecule has 0 aromatic carbocycles. The topological polar surface area (TPSA) is 81.8 Å². The third-order valence-corrected chi connectivity index (χ3v) is 3.30. The molecule has 3 rings (SSSR count). The monoisotopic (exact) mass is 283 g/mol. The Balaban J connectivity index is 2.30. The second-order valence-corrected chi connectivity index (χ2v) is 4.62. The van der Waals surface area contributed by atoms with Gasteiger partial charge in [-0.1, -0.05) is 0 Å². The second-order valence-electron chi connectivity index (χ2n) is 4.62. The summed E-state index contributed by atoms with van der Waals surface area (Å²) in [6.45, 7) is 0. The van der Waals surface area contributed by atoms with Gasteiger partial charge in [-0.05, 0) is 18.2 Å². The van der Waals surface area contributed by atoms with Gasteiger partial charge in [-0.15, -0.1) is 0 Å². The number of hydrogen-bond donors (Lipinski definition) is 1. The van der Waals surface area contributed by atoms with Gasteiger partial charge in [0.1, 0.15) is 5.39 Å². The molecule has 0 aliphatic rings. The van der Waals surface area contributed by atoms with Gasteiger partial charge in [-0.2, -0.15) is 0 Å². The lowest BCUT2D eigenvalue weighted by atomic mass is 10.2. The molecular formula is C14H13N5O2. The van der Waals surface area contributed by atoms with Crippen LogP contribution in [0.3, 0.4) is 0 Å². The summed E-state index contributed by atoms with van der Waals surface area (Å²) in [7, 11) is 3.04. The van der Waals surface area contributed by atoms with Crippen LogP contribution in [0.1, 0.15) is 0 Å². The Hall–Kier alpha value is -2.96. The number of nitrogens with one attached hydrogen (secondary N) is 1. The zero-order valence-electron chi connectivity index (χ0n) is 11.6. The molecule has 7 heteroatoms. The molecular weight excluding hydrogens is 270 g/mol. The van der Waals surface area contributed by atoms with E-state index < -0.39 is 5.69 Å². The fourth-order valence-electron chi connectivity index (χ4n) is 2.18. The smallest absolute Gasteiger partial charge is 0.332 e. The minimum Gasteiger partial charge on any atom is -0.355 e. The maximum absolute atomic E-state index is 12.4. The lowest BCUT2D eigenvalue weighted by Crippen LogP contribution is -2.37. The highest BCUT2D eigenvalue weighted by molar-refractivity contribution is 5.90. The van der Waals surface area contributed by atoms with Gasteiger partial charge in [0.05, 0.1) is 5.69 Å². The van der Waals surface area contributed by atoms with E-state index in [1.54, 1.807) is 43.8 Å². The van der Waals surface area contributed by atoms with Crippen LogP contribution in [-0.2, 0) is 14.1 Å². The van der Waals surface area contributed by atoms with E-state index in [4.69, 9.17) is 0 Å². The highest BCUT2D eigenvalue weighted by Crippen LogP contribution is 2.20. The van der Waals surface area contributed by atoms with Gasteiger partial charge in [-0.25, -0.2) is 9.78 Å². The van der Waals surface area contributed by atoms with Crippen molar-refractivity contribution < 1.29 is 0 Å². The van der Waals surface area contributed by atoms with Crippen LogP contribution in [-0.4, -0.2) is 19.1 Å². The van der Waals surface area contributed by atoms with Crippen LogP contribution in [0.15, 0.2) is 46.4 Å². The first kappa shape index (κ1) is 13.0. The summed E-state index contributed by atoms with van der Waals surface area (Å²) in [6.07, 6.45) is 4.86. The van der Waals surface area contributed by atoms with Gasteiger partial charge in [0.25, 0.3) is 5.56 Å². The molecule has 3 aromatic rings.